The normalized spacial score (nSPS) is 11.9. The van der Waals surface area contributed by atoms with Crippen LogP contribution in [0.25, 0.3) is 31.1 Å². The Morgan fingerprint density at radius 3 is 2.76 bits per heavy atom. The summed E-state index contributed by atoms with van der Waals surface area (Å²) in [6.45, 7) is 2.14. The molecule has 0 spiro atoms. The molecule has 21 heavy (non-hydrogen) atoms. The fourth-order valence-corrected chi connectivity index (χ4v) is 6.58. The van der Waals surface area contributed by atoms with Crippen molar-refractivity contribution in [1.29, 1.82) is 5.41 Å². The van der Waals surface area contributed by atoms with Crippen LogP contribution in [0.15, 0.2) is 36.4 Å². The van der Waals surface area contributed by atoms with Crippen LogP contribution in [0.4, 0.5) is 5.00 Å². The smallest absolute Gasteiger partial charge is 0.108 e. The summed E-state index contributed by atoms with van der Waals surface area (Å²) >= 11 is 3.24. The molecule has 2 aliphatic rings. The van der Waals surface area contributed by atoms with Gasteiger partial charge in [-0.25, -0.2) is 0 Å². The molecule has 3 heterocycles. The van der Waals surface area contributed by atoms with Gasteiger partial charge in [-0.05, 0) is 30.2 Å². The molecule has 0 bridgehead atoms. The van der Waals surface area contributed by atoms with Crippen molar-refractivity contribution in [2.45, 2.75) is 6.92 Å². The number of nitrogen functional groups attached to an aromatic ring is 1. The van der Waals surface area contributed by atoms with Crippen molar-refractivity contribution < 1.29 is 0 Å². The predicted octanol–water partition coefficient (Wildman–Crippen LogP) is 5.14. The number of hydrogen-bond acceptors (Lipinski definition) is 4. The highest BCUT2D eigenvalue weighted by Crippen LogP contribution is 2.51. The van der Waals surface area contributed by atoms with Gasteiger partial charge in [0.2, 0.25) is 0 Å². The van der Waals surface area contributed by atoms with E-state index in [1.807, 2.05) is 6.07 Å². The maximum atomic E-state index is 7.99. The number of benzene rings is 1. The minimum Gasteiger partial charge on any atom is -0.391 e. The largest absolute Gasteiger partial charge is 0.391 e. The summed E-state index contributed by atoms with van der Waals surface area (Å²) in [5.41, 5.74) is 9.83. The summed E-state index contributed by atoms with van der Waals surface area (Å²) in [6, 6.07) is 12.6. The first-order valence-corrected chi connectivity index (χ1v) is 9.22. The summed E-state index contributed by atoms with van der Waals surface area (Å²) in [5.74, 6) is 0. The second-order valence-corrected chi connectivity index (χ2v) is 8.52. The Bertz CT molecular complexity index is 993. The number of aryl methyl sites for hydroxylation is 1. The van der Waals surface area contributed by atoms with Gasteiger partial charge in [-0.3, -0.25) is 5.41 Å². The van der Waals surface area contributed by atoms with Gasteiger partial charge in [0.25, 0.3) is 0 Å². The van der Waals surface area contributed by atoms with E-state index in [9.17, 15) is 0 Å². The lowest BCUT2D eigenvalue weighted by molar-refractivity contribution is 1.36. The first kappa shape index (κ1) is 13.1. The van der Waals surface area contributed by atoms with Gasteiger partial charge in [-0.15, -0.1) is 30.9 Å². The van der Waals surface area contributed by atoms with E-state index in [0.717, 1.165) is 5.00 Å². The number of anilines is 1. The van der Waals surface area contributed by atoms with Gasteiger partial charge >= 0.3 is 0 Å². The first-order chi connectivity index (χ1) is 10.1. The number of nitrogens with one attached hydrogen (secondary N) is 1. The number of rotatable bonds is 1. The molecule has 3 N–H and O–H groups in total. The van der Waals surface area contributed by atoms with E-state index < -0.39 is 0 Å². The fraction of sp³-hybridized carbons (Fsp3) is 0.0625. The zero-order chi connectivity index (χ0) is 14.6. The molecule has 2 aliphatic heterocycles. The molecule has 1 unspecified atom stereocenters. The zero-order valence-corrected chi connectivity index (χ0v) is 14.0. The molecule has 2 aromatic rings. The van der Waals surface area contributed by atoms with Crippen LogP contribution in [-0.4, -0.2) is 0 Å². The summed E-state index contributed by atoms with van der Waals surface area (Å²) in [5, 5.41) is 11.5. The van der Waals surface area contributed by atoms with E-state index >= 15 is 0 Å². The minimum atomic E-state index is 0.613. The minimum absolute atomic E-state index is 0.613. The zero-order valence-electron chi connectivity index (χ0n) is 11.4. The highest BCUT2D eigenvalue weighted by atomic mass is 32.1. The summed E-state index contributed by atoms with van der Waals surface area (Å²) in [6.07, 6.45) is 0. The number of nitrogens with two attached hydrogens (primary N) is 1. The van der Waals surface area contributed by atoms with Crippen LogP contribution < -0.4 is 10.4 Å². The van der Waals surface area contributed by atoms with Gasteiger partial charge in [-0.2, -0.15) is 0 Å². The van der Waals surface area contributed by atoms with Gasteiger partial charge in [0.15, 0.2) is 0 Å². The van der Waals surface area contributed by atoms with E-state index in [2.05, 4.69) is 37.3 Å². The quantitative estimate of drug-likeness (QED) is 0.499. The van der Waals surface area contributed by atoms with E-state index in [1.165, 1.54) is 36.7 Å². The van der Waals surface area contributed by atoms with Crippen LogP contribution in [0, 0.1) is 12.3 Å². The van der Waals surface area contributed by atoms with Crippen molar-refractivity contribution in [2.24, 2.45) is 0 Å². The Morgan fingerprint density at radius 2 is 1.95 bits per heavy atom. The van der Waals surface area contributed by atoms with Gasteiger partial charge in [0, 0.05) is 25.6 Å². The van der Waals surface area contributed by atoms with Gasteiger partial charge in [0.05, 0.1) is 5.00 Å². The number of thiophene rings is 2. The van der Waals surface area contributed by atoms with Gasteiger partial charge in [0.1, 0.15) is 4.67 Å². The third-order valence-electron chi connectivity index (χ3n) is 3.62. The molecule has 1 aromatic heterocycles. The van der Waals surface area contributed by atoms with Crippen molar-refractivity contribution in [3.05, 3.63) is 46.6 Å². The third-order valence-corrected chi connectivity index (χ3v) is 7.26. The van der Waals surface area contributed by atoms with E-state index in [0.29, 0.717) is 12.9 Å². The Balaban J connectivity index is 2.23. The van der Waals surface area contributed by atoms with Crippen LogP contribution >= 0.6 is 30.9 Å². The van der Waals surface area contributed by atoms with Crippen LogP contribution in [0.2, 0.25) is 0 Å². The fourth-order valence-electron chi connectivity index (χ4n) is 2.70. The monoisotopic (exact) mass is 328 g/mol. The number of hydrogen-bond donors (Lipinski definition) is 2. The maximum Gasteiger partial charge on any atom is 0.108 e. The molecule has 5 heteroatoms. The number of fused-ring (bicyclic) bond motifs is 2. The molecule has 0 radical (unpaired) electrons. The molecule has 104 valence electrons. The van der Waals surface area contributed by atoms with Crippen LogP contribution in [0.5, 0.6) is 0 Å². The Morgan fingerprint density at radius 1 is 1.14 bits per heavy atom. The van der Waals surface area contributed by atoms with Crippen molar-refractivity contribution >= 4 is 45.7 Å². The lowest BCUT2D eigenvalue weighted by Crippen LogP contribution is -1.84. The second-order valence-electron chi connectivity index (χ2n) is 5.06. The predicted molar refractivity (Wildman–Crippen MR) is 96.3 cm³/mol. The molecule has 0 fully saturated rings. The van der Waals surface area contributed by atoms with Gasteiger partial charge in [-0.1, -0.05) is 24.3 Å². The maximum absolute atomic E-state index is 7.99. The lowest BCUT2D eigenvalue weighted by atomic mass is 10.0. The van der Waals surface area contributed by atoms with E-state index in [4.69, 9.17) is 11.1 Å². The Labute approximate surface area is 131 Å². The van der Waals surface area contributed by atoms with Crippen LogP contribution in [0.1, 0.15) is 5.56 Å². The molecule has 4 rings (SSSR count). The summed E-state index contributed by atoms with van der Waals surface area (Å²) in [4.78, 5) is 1.25. The molecule has 1 atom stereocenters. The van der Waals surface area contributed by atoms with Crippen molar-refractivity contribution in [2.75, 3.05) is 5.73 Å². The molecule has 0 saturated carbocycles. The highest BCUT2D eigenvalue weighted by molar-refractivity contribution is 7.44. The molecular formula is C16H13N2PS2. The first-order valence-electron chi connectivity index (χ1n) is 6.59. The molecule has 1 aromatic carbocycles. The molecule has 0 saturated heterocycles. The molecule has 0 aliphatic carbocycles. The van der Waals surface area contributed by atoms with E-state index in [1.54, 1.807) is 22.7 Å². The Hall–Kier alpha value is -1.61. The standard InChI is InChI=1S/C16H13N2PS2/c1-8-4-2-3-5-9(8)14-15-10(6-12(17)20-15)19-11-7-13(18)21-16(11)14/h2-7,17,19H,18H2,1H3. The van der Waals surface area contributed by atoms with E-state index in [-0.39, 0.29) is 0 Å². The third kappa shape index (κ3) is 2.03. The molecule has 0 amide bonds. The average molecular weight is 328 g/mol. The summed E-state index contributed by atoms with van der Waals surface area (Å²) < 4.78 is 1.93. The van der Waals surface area contributed by atoms with Crippen molar-refractivity contribution in [1.82, 2.24) is 0 Å². The van der Waals surface area contributed by atoms with Crippen LogP contribution in [0.3, 0.4) is 0 Å². The highest BCUT2D eigenvalue weighted by Gasteiger charge is 2.19. The van der Waals surface area contributed by atoms with Crippen molar-refractivity contribution in [3.63, 3.8) is 0 Å². The topological polar surface area (TPSA) is 49.9 Å². The Kier molecular flexibility index (Phi) is 2.93. The summed E-state index contributed by atoms with van der Waals surface area (Å²) in [7, 11) is 0.613. The van der Waals surface area contributed by atoms with Gasteiger partial charge < -0.3 is 5.73 Å². The second kappa shape index (κ2) is 4.70. The lowest BCUT2D eigenvalue weighted by Gasteiger charge is -2.12. The van der Waals surface area contributed by atoms with Crippen molar-refractivity contribution in [3.8, 4) is 21.3 Å². The molecular weight excluding hydrogens is 315 g/mol. The SMILES string of the molecule is Cc1ccccc1-c1c2sc(=N)cc-2[pH]c2cc(N)sc12. The average Bonchev–Trinajstić information content (AvgIpc) is 2.97. The molecule has 2 nitrogen and oxygen atoms in total. The van der Waals surface area contributed by atoms with Crippen LogP contribution in [-0.2, 0) is 0 Å².